The highest BCUT2D eigenvalue weighted by Gasteiger charge is 2.67. The van der Waals surface area contributed by atoms with Crippen LogP contribution >= 0.6 is 23.5 Å². The van der Waals surface area contributed by atoms with Crippen molar-refractivity contribution in [1.29, 1.82) is 0 Å². The molecule has 0 spiro atoms. The largest absolute Gasteiger partial charge is 0.494 e. The van der Waals surface area contributed by atoms with Crippen LogP contribution in [0.3, 0.4) is 0 Å². The van der Waals surface area contributed by atoms with Crippen LogP contribution in [0.15, 0.2) is 24.3 Å². The van der Waals surface area contributed by atoms with E-state index in [4.69, 9.17) is 28.4 Å². The Morgan fingerprint density at radius 2 is 1.24 bits per heavy atom. The van der Waals surface area contributed by atoms with Crippen LogP contribution < -0.4 is 4.74 Å². The van der Waals surface area contributed by atoms with Crippen LogP contribution in [-0.2, 0) is 27.8 Å². The highest BCUT2D eigenvalue weighted by Crippen LogP contribution is 2.61. The number of hydrogen-bond donors (Lipinski definition) is 1. The fourth-order valence-electron chi connectivity index (χ4n) is 5.70. The minimum atomic E-state index is -1.71. The number of ether oxygens (including phenoxy) is 6. The lowest BCUT2D eigenvalue weighted by Crippen LogP contribution is -2.72. The summed E-state index contributed by atoms with van der Waals surface area (Å²) in [6.45, 7) is 14.1. The Balaban J connectivity index is 2.10. The Hall–Kier alpha value is -0.520. The van der Waals surface area contributed by atoms with Crippen LogP contribution in [0.1, 0.15) is 111 Å². The van der Waals surface area contributed by atoms with E-state index in [-0.39, 0.29) is 0 Å². The molecule has 0 bridgehead atoms. The first kappa shape index (κ1) is 38.9. The van der Waals surface area contributed by atoms with Gasteiger partial charge in [-0.3, -0.25) is 0 Å². The van der Waals surface area contributed by atoms with Crippen molar-refractivity contribution in [2.45, 2.75) is 140 Å². The van der Waals surface area contributed by atoms with Gasteiger partial charge in [0.05, 0.1) is 13.2 Å². The van der Waals surface area contributed by atoms with Crippen molar-refractivity contribution in [1.82, 2.24) is 0 Å². The molecule has 0 aliphatic carbocycles. The van der Waals surface area contributed by atoms with E-state index >= 15 is 0 Å². The van der Waals surface area contributed by atoms with Gasteiger partial charge in [0.25, 0.3) is 0 Å². The molecule has 1 aromatic rings. The lowest BCUT2D eigenvalue weighted by Gasteiger charge is -2.57. The van der Waals surface area contributed by atoms with E-state index in [1.165, 1.54) is 0 Å². The molecule has 7 nitrogen and oxygen atoms in total. The van der Waals surface area contributed by atoms with E-state index in [1.807, 2.05) is 12.1 Å². The van der Waals surface area contributed by atoms with Gasteiger partial charge in [-0.2, -0.15) is 0 Å². The zero-order valence-electron chi connectivity index (χ0n) is 28.8. The van der Waals surface area contributed by atoms with Gasteiger partial charge in [-0.1, -0.05) is 78.9 Å². The predicted octanol–water partition coefficient (Wildman–Crippen LogP) is 8.35. The molecule has 0 amide bonds. The van der Waals surface area contributed by atoms with E-state index < -0.39 is 34.3 Å². The molecule has 1 N–H and O–H groups in total. The third-order valence-electron chi connectivity index (χ3n) is 8.41. The first-order valence-corrected chi connectivity index (χ1v) is 19.8. The molecule has 9 heteroatoms. The number of hydrogen-bond acceptors (Lipinski definition) is 9. The molecule has 2 fully saturated rings. The maximum Gasteiger partial charge on any atom is 0.224 e. The van der Waals surface area contributed by atoms with Crippen molar-refractivity contribution in [2.75, 3.05) is 51.1 Å². The summed E-state index contributed by atoms with van der Waals surface area (Å²) < 4.78 is 38.4. The normalized spacial score (nSPS) is 26.6. The van der Waals surface area contributed by atoms with Gasteiger partial charge < -0.3 is 33.5 Å². The number of aliphatic hydroxyl groups is 1. The topological polar surface area (TPSA) is 75.6 Å². The summed E-state index contributed by atoms with van der Waals surface area (Å²) >= 11 is 3.51. The monoisotopic (exact) mass is 670 g/mol. The standard InChI is InChI=1S/C36H62O7S2/c1-6-11-21-38-28-31-32(40-23-13-8-3)33(41-24-14-9-4)34(42-25-15-10-5)35(37,43-31)36(44-26-16-27-45-36)29-17-19-30(20-18-29)39-22-12-7-2/h17-20,31-34,37H,6-16,21-28H2,1-5H3/t31-,32-,33+,34-,35-/m1/s1. The van der Waals surface area contributed by atoms with Crippen molar-refractivity contribution >= 4 is 23.5 Å². The van der Waals surface area contributed by atoms with Crippen molar-refractivity contribution in [3.63, 3.8) is 0 Å². The minimum absolute atomic E-state index is 0.323. The lowest BCUT2D eigenvalue weighted by atomic mass is 9.87. The highest BCUT2D eigenvalue weighted by atomic mass is 32.2. The SMILES string of the molecule is CCCCOC[C@H]1O[C@@](O)(C2(c3ccc(OCCCC)cc3)SCCCS2)[C@H](OCCCC)[C@@H](OCCCC)[C@@H]1OCCCC. The van der Waals surface area contributed by atoms with Gasteiger partial charge in [-0.15, -0.1) is 23.5 Å². The molecule has 0 radical (unpaired) electrons. The first-order chi connectivity index (χ1) is 22.0. The Kier molecular flexibility index (Phi) is 18.6. The van der Waals surface area contributed by atoms with Gasteiger partial charge in [0.1, 0.15) is 34.2 Å². The molecule has 2 aliphatic heterocycles. The Morgan fingerprint density at radius 3 is 1.84 bits per heavy atom. The van der Waals surface area contributed by atoms with Gasteiger partial charge in [0, 0.05) is 26.4 Å². The third kappa shape index (κ3) is 10.7. The maximum atomic E-state index is 13.3. The molecule has 2 aliphatic rings. The first-order valence-electron chi connectivity index (χ1n) is 17.8. The molecule has 1 aromatic carbocycles. The van der Waals surface area contributed by atoms with Gasteiger partial charge in [-0.05, 0) is 67.7 Å². The molecule has 45 heavy (non-hydrogen) atoms. The molecule has 3 rings (SSSR count). The summed E-state index contributed by atoms with van der Waals surface area (Å²) in [5.41, 5.74) is 0.995. The second kappa shape index (κ2) is 21.5. The van der Waals surface area contributed by atoms with Crippen molar-refractivity contribution in [3.05, 3.63) is 29.8 Å². The average Bonchev–Trinajstić information content (AvgIpc) is 3.06. The fourth-order valence-corrected chi connectivity index (χ4v) is 9.22. The third-order valence-corrected chi connectivity index (χ3v) is 12.0. The lowest BCUT2D eigenvalue weighted by molar-refractivity contribution is -0.371. The number of benzene rings is 1. The average molecular weight is 671 g/mol. The summed E-state index contributed by atoms with van der Waals surface area (Å²) in [4.78, 5) is 0. The van der Waals surface area contributed by atoms with Gasteiger partial charge >= 0.3 is 0 Å². The van der Waals surface area contributed by atoms with Gasteiger partial charge in [0.2, 0.25) is 5.79 Å². The quantitative estimate of drug-likeness (QED) is 0.116. The fraction of sp³-hybridized carbons (Fsp3) is 0.833. The van der Waals surface area contributed by atoms with E-state index in [9.17, 15) is 5.11 Å². The summed E-state index contributed by atoms with van der Waals surface area (Å²) in [5.74, 6) is 0.948. The molecular formula is C36H62O7S2. The Bertz CT molecular complexity index is 898. The second-order valence-corrected chi connectivity index (χ2v) is 15.1. The number of rotatable bonds is 23. The summed E-state index contributed by atoms with van der Waals surface area (Å²) in [5, 5.41) is 13.3. The van der Waals surface area contributed by atoms with Crippen LogP contribution in [0, 0.1) is 0 Å². The molecule has 2 heterocycles. The van der Waals surface area contributed by atoms with Crippen LogP contribution in [0.4, 0.5) is 0 Å². The molecule has 0 unspecified atom stereocenters. The van der Waals surface area contributed by atoms with Gasteiger partial charge in [-0.25, -0.2) is 0 Å². The minimum Gasteiger partial charge on any atom is -0.494 e. The second-order valence-electron chi connectivity index (χ2n) is 12.2. The zero-order chi connectivity index (χ0) is 32.4. The molecule has 260 valence electrons. The predicted molar refractivity (Wildman–Crippen MR) is 188 cm³/mol. The van der Waals surface area contributed by atoms with E-state index in [0.717, 1.165) is 93.4 Å². The van der Waals surface area contributed by atoms with Crippen LogP contribution in [0.25, 0.3) is 0 Å². The number of thioether (sulfide) groups is 2. The van der Waals surface area contributed by atoms with Crippen LogP contribution in [0.2, 0.25) is 0 Å². The van der Waals surface area contributed by atoms with E-state index in [2.05, 4.69) is 46.8 Å². The zero-order valence-corrected chi connectivity index (χ0v) is 30.4. The van der Waals surface area contributed by atoms with Crippen molar-refractivity contribution in [2.24, 2.45) is 0 Å². The van der Waals surface area contributed by atoms with Crippen LogP contribution in [0.5, 0.6) is 5.75 Å². The molecule has 5 atom stereocenters. The Labute approximate surface area is 282 Å². The molecule has 2 saturated heterocycles. The van der Waals surface area contributed by atoms with Crippen molar-refractivity contribution in [3.8, 4) is 5.75 Å². The van der Waals surface area contributed by atoms with Gasteiger partial charge in [0.15, 0.2) is 0 Å². The maximum absolute atomic E-state index is 13.3. The summed E-state index contributed by atoms with van der Waals surface area (Å²) in [6.07, 6.45) is 8.78. The Morgan fingerprint density at radius 1 is 0.711 bits per heavy atom. The number of unbranched alkanes of at least 4 members (excludes halogenated alkanes) is 5. The van der Waals surface area contributed by atoms with E-state index in [1.54, 1.807) is 23.5 Å². The van der Waals surface area contributed by atoms with Crippen LogP contribution in [-0.4, -0.2) is 86.5 Å². The van der Waals surface area contributed by atoms with E-state index in [0.29, 0.717) is 39.6 Å². The highest BCUT2D eigenvalue weighted by molar-refractivity contribution is 8.18. The van der Waals surface area contributed by atoms with Crippen molar-refractivity contribution < 1.29 is 33.5 Å². The summed E-state index contributed by atoms with van der Waals surface area (Å²) in [6, 6.07) is 8.25. The molecule has 0 saturated carbocycles. The molecular weight excluding hydrogens is 609 g/mol. The molecule has 0 aromatic heterocycles. The summed E-state index contributed by atoms with van der Waals surface area (Å²) in [7, 11) is 0. The smallest absolute Gasteiger partial charge is 0.224 e.